The van der Waals surface area contributed by atoms with Crippen molar-refractivity contribution in [3.8, 4) is 0 Å². The molecule has 0 unspecified atom stereocenters. The number of halogens is 1. The van der Waals surface area contributed by atoms with E-state index in [9.17, 15) is 0 Å². The van der Waals surface area contributed by atoms with Gasteiger partial charge < -0.3 is 0 Å². The topological polar surface area (TPSA) is 17.1 Å². The summed E-state index contributed by atoms with van der Waals surface area (Å²) in [7, 11) is 0. The zero-order valence-electron chi connectivity index (χ0n) is 1.68. The van der Waals surface area contributed by atoms with Crippen LogP contribution >= 0.6 is 22.6 Å². The van der Waals surface area contributed by atoms with E-state index in [1.807, 2.05) is 0 Å². The summed E-state index contributed by atoms with van der Waals surface area (Å²) in [4.78, 5) is 8.79. The molecule has 0 aromatic heterocycles. The summed E-state index contributed by atoms with van der Waals surface area (Å²) in [5, 5.41) is 0. The van der Waals surface area contributed by atoms with E-state index in [0.29, 0.717) is 0 Å². The first-order chi connectivity index (χ1) is 1.41. The van der Waals surface area contributed by atoms with E-state index in [0.717, 1.165) is 4.29 Å². The van der Waals surface area contributed by atoms with Gasteiger partial charge in [-0.3, -0.25) is 4.79 Å². The van der Waals surface area contributed by atoms with Gasteiger partial charge in [-0.2, -0.15) is 0 Å². The Kier molecular flexibility index (Phi) is 19.9. The molecule has 4 heavy (non-hydrogen) atoms. The largest absolute Gasteiger partial charge is 0.292 e. The zero-order valence-corrected chi connectivity index (χ0v) is 5.39. The summed E-state index contributed by atoms with van der Waals surface area (Å²) in [6.07, 6.45) is 0. The molecule has 3 heteroatoms. The fraction of sp³-hybridized carbons (Fsp3) is 0. The van der Waals surface area contributed by atoms with Crippen molar-refractivity contribution in [3.63, 3.8) is 0 Å². The van der Waals surface area contributed by atoms with Crippen LogP contribution in [0.3, 0.4) is 0 Å². The minimum atomic E-state index is 0. The Morgan fingerprint density at radius 1 is 1.75 bits per heavy atom. The third-order valence-corrected chi connectivity index (χ3v) is 0. The van der Waals surface area contributed by atoms with Crippen LogP contribution in [-0.2, 0) is 25.2 Å². The molecule has 0 aromatic carbocycles. The molecule has 0 saturated heterocycles. The van der Waals surface area contributed by atoms with Crippen LogP contribution in [0.4, 0.5) is 0 Å². The maximum Gasteiger partial charge on any atom is 0.179 e. The Morgan fingerprint density at radius 3 is 1.75 bits per heavy atom. The molecular weight excluding hydrogens is 261 g/mol. The van der Waals surface area contributed by atoms with Crippen LogP contribution in [0.1, 0.15) is 0 Å². The monoisotopic (exact) mass is 262 g/mol. The molecule has 0 radical (unpaired) electrons. The second kappa shape index (κ2) is 8.96. The summed E-state index contributed by atoms with van der Waals surface area (Å²) in [5.41, 5.74) is 0. The molecule has 0 aromatic rings. The van der Waals surface area contributed by atoms with Crippen molar-refractivity contribution in [2.45, 2.75) is 0 Å². The van der Waals surface area contributed by atoms with Gasteiger partial charge in [0.25, 0.3) is 0 Å². The summed E-state index contributed by atoms with van der Waals surface area (Å²) in [5.74, 6) is 0. The molecule has 0 heterocycles. The number of carbonyl (C=O) groups is 1. The molecule has 0 aliphatic carbocycles. The number of rotatable bonds is 0. The third-order valence-electron chi connectivity index (χ3n) is 0. The van der Waals surface area contributed by atoms with Gasteiger partial charge in [0.2, 0.25) is 0 Å². The minimum Gasteiger partial charge on any atom is -0.292 e. The van der Waals surface area contributed by atoms with Crippen molar-refractivity contribution in [3.05, 3.63) is 0 Å². The van der Waals surface area contributed by atoms with Crippen LogP contribution in [0.15, 0.2) is 0 Å². The van der Waals surface area contributed by atoms with Crippen molar-refractivity contribution in [1.82, 2.24) is 0 Å². The van der Waals surface area contributed by atoms with Crippen molar-refractivity contribution in [2.24, 2.45) is 0 Å². The van der Waals surface area contributed by atoms with Gasteiger partial charge in [-0.15, -0.1) is 0 Å². The van der Waals surface area contributed by atoms with Crippen molar-refractivity contribution >= 4 is 26.9 Å². The summed E-state index contributed by atoms with van der Waals surface area (Å²) in [6, 6.07) is 0. The SMILES string of the molecule is O=CI.[Pd]. The zero-order chi connectivity index (χ0) is 2.71. The Labute approximate surface area is 51.9 Å². The van der Waals surface area contributed by atoms with Gasteiger partial charge >= 0.3 is 0 Å². The fourth-order valence-electron chi connectivity index (χ4n) is 0. The molecule has 0 bridgehead atoms. The van der Waals surface area contributed by atoms with E-state index in [4.69, 9.17) is 4.79 Å². The van der Waals surface area contributed by atoms with E-state index in [1.54, 1.807) is 22.6 Å². The van der Waals surface area contributed by atoms with Crippen LogP contribution in [0.25, 0.3) is 0 Å². The summed E-state index contributed by atoms with van der Waals surface area (Å²) < 4.78 is 0.720. The van der Waals surface area contributed by atoms with E-state index < -0.39 is 0 Å². The third kappa shape index (κ3) is 11.5. The number of carbonyl (C=O) groups excluding carboxylic acids is 1. The maximum atomic E-state index is 8.79. The average molecular weight is 262 g/mol. The first kappa shape index (κ1) is 8.91. The molecule has 0 aliphatic heterocycles. The average Bonchev–Trinajstić information content (AvgIpc) is 0.918. The predicted molar refractivity (Wildman–Crippen MR) is 20.8 cm³/mol. The molecule has 0 amide bonds. The van der Waals surface area contributed by atoms with Crippen LogP contribution in [0, 0.1) is 0 Å². The van der Waals surface area contributed by atoms with Crippen LogP contribution in [0.2, 0.25) is 0 Å². The first-order valence-corrected chi connectivity index (χ1v) is 1.70. The quantitative estimate of drug-likeness (QED) is 0.270. The molecular formula is CHIOPd. The summed E-state index contributed by atoms with van der Waals surface area (Å²) in [6.45, 7) is 0. The van der Waals surface area contributed by atoms with Gasteiger partial charge in [0.05, 0.1) is 0 Å². The Morgan fingerprint density at radius 2 is 1.75 bits per heavy atom. The van der Waals surface area contributed by atoms with E-state index in [2.05, 4.69) is 0 Å². The molecule has 0 atom stereocenters. The number of hydrogen-bond donors (Lipinski definition) is 0. The molecule has 1 nitrogen and oxygen atoms in total. The predicted octanol–water partition coefficient (Wildman–Crippen LogP) is 0.609. The first-order valence-electron chi connectivity index (χ1n) is 0.454. The normalized spacial score (nSPS) is 3.25. The minimum absolute atomic E-state index is 0. The van der Waals surface area contributed by atoms with Gasteiger partial charge in [0.1, 0.15) is 0 Å². The van der Waals surface area contributed by atoms with E-state index in [1.165, 1.54) is 0 Å². The van der Waals surface area contributed by atoms with Crippen molar-refractivity contribution in [1.29, 1.82) is 0 Å². The van der Waals surface area contributed by atoms with E-state index >= 15 is 0 Å². The van der Waals surface area contributed by atoms with Gasteiger partial charge in [-0.1, -0.05) is 0 Å². The molecule has 0 N–H and O–H groups in total. The van der Waals surface area contributed by atoms with Gasteiger partial charge in [-0.05, 0) is 22.6 Å². The molecule has 0 spiro atoms. The standard InChI is InChI=1S/CHIO.Pd/c2-1-3;/h1H;. The second-order valence-corrected chi connectivity index (χ2v) is 0.598. The Bertz CT molecular complexity index is 15.5. The van der Waals surface area contributed by atoms with Crippen molar-refractivity contribution < 1.29 is 25.2 Å². The fourth-order valence-corrected chi connectivity index (χ4v) is 0. The number of hydrogen-bond acceptors (Lipinski definition) is 1. The van der Waals surface area contributed by atoms with Crippen LogP contribution < -0.4 is 0 Å². The molecule has 28 valence electrons. The van der Waals surface area contributed by atoms with Crippen LogP contribution in [-0.4, -0.2) is 4.29 Å². The molecule has 0 fully saturated rings. The summed E-state index contributed by atoms with van der Waals surface area (Å²) >= 11 is 1.61. The van der Waals surface area contributed by atoms with Gasteiger partial charge in [0.15, 0.2) is 4.29 Å². The van der Waals surface area contributed by atoms with Crippen LogP contribution in [0.5, 0.6) is 0 Å². The van der Waals surface area contributed by atoms with Gasteiger partial charge in [0, 0.05) is 20.4 Å². The van der Waals surface area contributed by atoms with E-state index in [-0.39, 0.29) is 20.4 Å². The smallest absolute Gasteiger partial charge is 0.179 e. The Balaban J connectivity index is 0. The molecule has 0 saturated carbocycles. The molecule has 0 rings (SSSR count). The molecule has 0 aliphatic rings. The second-order valence-electron chi connectivity index (χ2n) is 0.0891. The maximum absolute atomic E-state index is 8.79. The van der Waals surface area contributed by atoms with Crippen molar-refractivity contribution in [2.75, 3.05) is 0 Å². The van der Waals surface area contributed by atoms with Gasteiger partial charge in [-0.25, -0.2) is 0 Å². The Hall–Kier alpha value is 1.06.